The third-order valence-corrected chi connectivity index (χ3v) is 4.74. The number of carboxylic acid groups (broad SMARTS) is 1. The maximum atomic E-state index is 12.0. The van der Waals surface area contributed by atoms with Crippen molar-refractivity contribution < 1.29 is 35.1 Å². The van der Waals surface area contributed by atoms with Crippen LogP contribution in [0.2, 0.25) is 0 Å². The van der Waals surface area contributed by atoms with Crippen LogP contribution in [0.3, 0.4) is 0 Å². The van der Waals surface area contributed by atoms with Gasteiger partial charge < -0.3 is 25.5 Å². The number of allylic oxidation sites excluding steroid dienone is 3. The summed E-state index contributed by atoms with van der Waals surface area (Å²) in [5, 5.41) is 48.0. The molecule has 0 saturated heterocycles. The van der Waals surface area contributed by atoms with Crippen LogP contribution >= 0.6 is 0 Å². The van der Waals surface area contributed by atoms with E-state index in [0.717, 1.165) is 11.6 Å². The number of rotatable bonds is 9. The van der Waals surface area contributed by atoms with Crippen molar-refractivity contribution in [2.24, 2.45) is 5.41 Å². The van der Waals surface area contributed by atoms with Crippen LogP contribution in [0.25, 0.3) is 12.2 Å². The van der Waals surface area contributed by atoms with Gasteiger partial charge >= 0.3 is 5.97 Å². The molecule has 0 saturated carbocycles. The summed E-state index contributed by atoms with van der Waals surface area (Å²) in [4.78, 5) is 23.3. The summed E-state index contributed by atoms with van der Waals surface area (Å²) in [5.74, 6) is -1.87. The Morgan fingerprint density at radius 2 is 1.45 bits per heavy atom. The monoisotopic (exact) mass is 424 g/mol. The fraction of sp³-hybridized carbons (Fsp3) is 0.167. The Hall–Kier alpha value is -3.68. The number of aromatic hydroxyl groups is 1. The first-order chi connectivity index (χ1) is 14.7. The summed E-state index contributed by atoms with van der Waals surface area (Å²) in [6, 6.07) is 12.5. The number of benzene rings is 2. The third-order valence-electron chi connectivity index (χ3n) is 4.74. The number of phenolic OH excluding ortho intramolecular Hbond substituents is 1. The fourth-order valence-corrected chi connectivity index (χ4v) is 2.62. The van der Waals surface area contributed by atoms with Crippen LogP contribution in [0.15, 0.2) is 72.5 Å². The van der Waals surface area contributed by atoms with Gasteiger partial charge in [0.15, 0.2) is 5.78 Å². The van der Waals surface area contributed by atoms with Crippen LogP contribution in [0.5, 0.6) is 5.75 Å². The molecule has 2 rings (SSSR count). The first-order valence-electron chi connectivity index (χ1n) is 9.38. The predicted octanol–water partition coefficient (Wildman–Crippen LogP) is 3.25. The highest BCUT2D eigenvalue weighted by atomic mass is 16.4. The topological polar surface area (TPSA) is 135 Å². The van der Waals surface area contributed by atoms with Gasteiger partial charge in [-0.05, 0) is 47.9 Å². The number of hydrogen-bond acceptors (Lipinski definition) is 6. The second-order valence-corrected chi connectivity index (χ2v) is 7.18. The minimum Gasteiger partial charge on any atom is -0.508 e. The van der Waals surface area contributed by atoms with Gasteiger partial charge in [0.1, 0.15) is 16.9 Å². The van der Waals surface area contributed by atoms with Crippen LogP contribution in [-0.2, 0) is 9.59 Å². The molecule has 0 spiro atoms. The number of ketones is 1. The van der Waals surface area contributed by atoms with E-state index in [1.165, 1.54) is 49.4 Å². The summed E-state index contributed by atoms with van der Waals surface area (Å²) >= 11 is 0. The highest BCUT2D eigenvalue weighted by Gasteiger charge is 2.41. The highest BCUT2D eigenvalue weighted by molar-refractivity contribution is 6.02. The molecule has 0 aliphatic carbocycles. The van der Waals surface area contributed by atoms with Gasteiger partial charge in [-0.25, -0.2) is 0 Å². The second-order valence-electron chi connectivity index (χ2n) is 7.18. The molecule has 7 heteroatoms. The molecular weight excluding hydrogens is 400 g/mol. The lowest BCUT2D eigenvalue weighted by molar-refractivity contribution is -0.159. The van der Waals surface area contributed by atoms with Crippen LogP contribution in [0.4, 0.5) is 0 Å². The molecule has 31 heavy (non-hydrogen) atoms. The van der Waals surface area contributed by atoms with E-state index in [4.69, 9.17) is 0 Å². The van der Waals surface area contributed by atoms with Gasteiger partial charge in [0, 0.05) is 6.08 Å². The zero-order chi connectivity index (χ0) is 23.0. The SMILES string of the molecule is CC(CO)(C(=O)O)C(O)c1ccc(/C=C/C(=O)/C=C(O)/C=C/c2ccc(O)cc2)cc1. The number of aliphatic hydroxyl groups excluding tert-OH is 3. The van der Waals surface area contributed by atoms with Crippen molar-refractivity contribution in [2.45, 2.75) is 13.0 Å². The van der Waals surface area contributed by atoms with Crippen molar-refractivity contribution in [1.29, 1.82) is 0 Å². The average Bonchev–Trinajstić information content (AvgIpc) is 2.76. The quantitative estimate of drug-likeness (QED) is 0.237. The van der Waals surface area contributed by atoms with E-state index in [2.05, 4.69) is 0 Å². The molecule has 0 aliphatic rings. The summed E-state index contributed by atoms with van der Waals surface area (Å²) in [6.07, 6.45) is 5.35. The number of carbonyl (C=O) groups is 2. The molecular formula is C24H24O7. The normalized spacial score (nSPS) is 15.1. The van der Waals surface area contributed by atoms with Gasteiger partial charge in [-0.15, -0.1) is 0 Å². The van der Waals surface area contributed by atoms with Crippen LogP contribution in [0.1, 0.15) is 29.7 Å². The van der Waals surface area contributed by atoms with E-state index in [1.54, 1.807) is 30.3 Å². The molecule has 0 aliphatic heterocycles. The summed E-state index contributed by atoms with van der Waals surface area (Å²) in [5.41, 5.74) is -0.0519. The minimum absolute atomic E-state index is 0.129. The number of aliphatic hydroxyl groups is 3. The molecule has 0 aromatic heterocycles. The molecule has 2 unspecified atom stereocenters. The molecule has 162 valence electrons. The molecule has 7 nitrogen and oxygen atoms in total. The van der Waals surface area contributed by atoms with E-state index >= 15 is 0 Å². The van der Waals surface area contributed by atoms with E-state index in [-0.39, 0.29) is 11.5 Å². The highest BCUT2D eigenvalue weighted by Crippen LogP contribution is 2.33. The first kappa shape index (κ1) is 23.6. The van der Waals surface area contributed by atoms with E-state index in [9.17, 15) is 35.1 Å². The second kappa shape index (κ2) is 10.4. The zero-order valence-electron chi connectivity index (χ0n) is 16.8. The number of carbonyl (C=O) groups excluding carboxylic acids is 1. The molecule has 0 fully saturated rings. The van der Waals surface area contributed by atoms with Crippen molar-refractivity contribution >= 4 is 23.9 Å². The van der Waals surface area contributed by atoms with Crippen LogP contribution in [-0.4, -0.2) is 43.9 Å². The Balaban J connectivity index is 2.03. The van der Waals surface area contributed by atoms with Gasteiger partial charge in [-0.3, -0.25) is 9.59 Å². The average molecular weight is 424 g/mol. The van der Waals surface area contributed by atoms with Crippen LogP contribution in [0, 0.1) is 5.41 Å². The fourth-order valence-electron chi connectivity index (χ4n) is 2.62. The predicted molar refractivity (Wildman–Crippen MR) is 116 cm³/mol. The summed E-state index contributed by atoms with van der Waals surface area (Å²) in [7, 11) is 0. The van der Waals surface area contributed by atoms with E-state index in [1.807, 2.05) is 0 Å². The number of phenols is 1. The summed E-state index contributed by atoms with van der Waals surface area (Å²) < 4.78 is 0. The Bertz CT molecular complexity index is 1000. The Kier molecular flexibility index (Phi) is 7.90. The van der Waals surface area contributed by atoms with Crippen molar-refractivity contribution in [3.63, 3.8) is 0 Å². The summed E-state index contributed by atoms with van der Waals surface area (Å²) in [6.45, 7) is 0.526. The van der Waals surface area contributed by atoms with Gasteiger partial charge in [-0.1, -0.05) is 48.6 Å². The molecule has 5 N–H and O–H groups in total. The molecule has 0 bridgehead atoms. The lowest BCUT2D eigenvalue weighted by Crippen LogP contribution is -2.37. The van der Waals surface area contributed by atoms with Gasteiger partial charge in [0.25, 0.3) is 0 Å². The zero-order valence-corrected chi connectivity index (χ0v) is 16.8. The molecule has 0 amide bonds. The smallest absolute Gasteiger partial charge is 0.314 e. The molecule has 0 radical (unpaired) electrons. The number of carboxylic acids is 1. The van der Waals surface area contributed by atoms with Crippen LogP contribution < -0.4 is 0 Å². The largest absolute Gasteiger partial charge is 0.508 e. The molecule has 2 aromatic carbocycles. The number of aliphatic carboxylic acids is 1. The number of hydrogen-bond donors (Lipinski definition) is 5. The molecule has 2 atom stereocenters. The van der Waals surface area contributed by atoms with Gasteiger partial charge in [0.2, 0.25) is 0 Å². The minimum atomic E-state index is -1.73. The van der Waals surface area contributed by atoms with Gasteiger partial charge in [-0.2, -0.15) is 0 Å². The first-order valence-corrected chi connectivity index (χ1v) is 9.38. The Morgan fingerprint density at radius 3 is 1.97 bits per heavy atom. The Labute approximate surface area is 179 Å². The molecule has 0 heterocycles. The van der Waals surface area contributed by atoms with Crippen molar-refractivity contribution in [3.05, 3.63) is 89.2 Å². The Morgan fingerprint density at radius 1 is 0.935 bits per heavy atom. The maximum absolute atomic E-state index is 12.0. The molecule has 2 aromatic rings. The third kappa shape index (κ3) is 6.40. The lowest BCUT2D eigenvalue weighted by Gasteiger charge is -2.28. The maximum Gasteiger partial charge on any atom is 0.314 e. The van der Waals surface area contributed by atoms with Gasteiger partial charge in [0.05, 0.1) is 12.7 Å². The van der Waals surface area contributed by atoms with Crippen molar-refractivity contribution in [2.75, 3.05) is 6.61 Å². The van der Waals surface area contributed by atoms with E-state index in [0.29, 0.717) is 11.1 Å². The van der Waals surface area contributed by atoms with E-state index < -0.39 is 29.9 Å². The van der Waals surface area contributed by atoms with Crippen molar-refractivity contribution in [1.82, 2.24) is 0 Å². The standard InChI is InChI=1S/C24H24O7/c1-24(15-25,23(30)31)22(29)18-8-2-16(3-9-18)6-12-20(27)14-21(28)13-7-17-4-10-19(26)11-5-17/h2-14,22,25-26,28-29H,15H2,1H3,(H,30,31)/b12-6+,13-7+,21-14-. The lowest BCUT2D eigenvalue weighted by atomic mass is 9.81. The van der Waals surface area contributed by atoms with Crippen molar-refractivity contribution in [3.8, 4) is 5.75 Å².